The number of aryl methyl sites for hydroxylation is 1. The van der Waals surface area contributed by atoms with Gasteiger partial charge in [0.05, 0.1) is 17.1 Å². The molecule has 2 heterocycles. The van der Waals surface area contributed by atoms with Gasteiger partial charge in [-0.15, -0.1) is 0 Å². The van der Waals surface area contributed by atoms with Crippen LogP contribution >= 0.6 is 11.8 Å². The predicted molar refractivity (Wildman–Crippen MR) is 88.5 cm³/mol. The Bertz CT molecular complexity index is 762. The zero-order chi connectivity index (χ0) is 16.4. The van der Waals surface area contributed by atoms with Crippen molar-refractivity contribution in [3.05, 3.63) is 47.7 Å². The molecule has 1 aromatic carbocycles. The van der Waals surface area contributed by atoms with E-state index in [-0.39, 0.29) is 16.4 Å². The summed E-state index contributed by atoms with van der Waals surface area (Å²) in [7, 11) is 0. The number of imide groups is 1. The van der Waals surface area contributed by atoms with Gasteiger partial charge in [0.1, 0.15) is 5.75 Å². The second kappa shape index (κ2) is 6.29. The fraction of sp³-hybridized carbons (Fsp3) is 0.188. The average Bonchev–Trinajstić information content (AvgIpc) is 2.82. The van der Waals surface area contributed by atoms with Crippen LogP contribution in [0.2, 0.25) is 0 Å². The largest absolute Gasteiger partial charge is 0.439 e. The number of pyridine rings is 1. The molecule has 2 amide bonds. The molecule has 2 aromatic rings. The fourth-order valence-corrected chi connectivity index (χ4v) is 3.12. The minimum atomic E-state index is -0.368. The summed E-state index contributed by atoms with van der Waals surface area (Å²) >= 11 is 1.03. The van der Waals surface area contributed by atoms with Gasteiger partial charge in [0.15, 0.2) is 0 Å². The third kappa shape index (κ3) is 3.62. The number of anilines is 1. The molecule has 1 fully saturated rings. The van der Waals surface area contributed by atoms with Crippen LogP contribution in [0.15, 0.2) is 36.5 Å². The molecule has 118 valence electrons. The van der Waals surface area contributed by atoms with Crippen molar-refractivity contribution in [2.24, 2.45) is 0 Å². The molecule has 7 heteroatoms. The van der Waals surface area contributed by atoms with E-state index in [0.717, 1.165) is 22.9 Å². The summed E-state index contributed by atoms with van der Waals surface area (Å²) < 4.78 is 5.72. The maximum Gasteiger partial charge on any atom is 0.286 e. The Morgan fingerprint density at radius 2 is 2.13 bits per heavy atom. The molecular formula is C16H15N3O3S. The zero-order valence-corrected chi connectivity index (χ0v) is 13.2. The van der Waals surface area contributed by atoms with Crippen molar-refractivity contribution in [3.63, 3.8) is 0 Å². The molecule has 1 aromatic heterocycles. The summed E-state index contributed by atoms with van der Waals surface area (Å²) in [6, 6.07) is 9.09. The molecule has 0 saturated carbocycles. The fourth-order valence-electron chi connectivity index (χ4n) is 2.26. The van der Waals surface area contributed by atoms with E-state index in [1.54, 1.807) is 12.1 Å². The van der Waals surface area contributed by atoms with E-state index in [1.807, 2.05) is 25.1 Å². The predicted octanol–water partition coefficient (Wildman–Crippen LogP) is 2.66. The second-order valence-electron chi connectivity index (χ2n) is 5.22. The lowest BCUT2D eigenvalue weighted by atomic mass is 10.1. The number of benzene rings is 1. The molecule has 3 rings (SSSR count). The number of thioether (sulfide) groups is 1. The molecule has 1 aliphatic rings. The molecule has 23 heavy (non-hydrogen) atoms. The Morgan fingerprint density at radius 3 is 2.74 bits per heavy atom. The molecule has 0 bridgehead atoms. The van der Waals surface area contributed by atoms with Crippen LogP contribution in [-0.4, -0.2) is 21.4 Å². The van der Waals surface area contributed by atoms with Crippen LogP contribution < -0.4 is 15.8 Å². The number of rotatable bonds is 4. The second-order valence-corrected chi connectivity index (χ2v) is 6.39. The van der Waals surface area contributed by atoms with Crippen LogP contribution in [0.25, 0.3) is 0 Å². The number of nitrogens with two attached hydrogens (primary N) is 1. The summed E-state index contributed by atoms with van der Waals surface area (Å²) in [6.07, 6.45) is 2.04. The number of amides is 2. The number of nitrogens with one attached hydrogen (secondary N) is 1. The van der Waals surface area contributed by atoms with Gasteiger partial charge >= 0.3 is 0 Å². The lowest BCUT2D eigenvalue weighted by Crippen LogP contribution is -2.25. The van der Waals surface area contributed by atoms with Crippen LogP contribution in [0.3, 0.4) is 0 Å². The molecule has 0 radical (unpaired) electrons. The van der Waals surface area contributed by atoms with E-state index in [0.29, 0.717) is 23.7 Å². The quantitative estimate of drug-likeness (QED) is 0.895. The van der Waals surface area contributed by atoms with E-state index in [4.69, 9.17) is 10.5 Å². The first kappa shape index (κ1) is 15.4. The third-order valence-electron chi connectivity index (χ3n) is 3.40. The van der Waals surface area contributed by atoms with Gasteiger partial charge in [0.25, 0.3) is 5.24 Å². The van der Waals surface area contributed by atoms with Gasteiger partial charge in [-0.3, -0.25) is 14.9 Å². The molecule has 1 saturated heterocycles. The van der Waals surface area contributed by atoms with E-state index in [1.165, 1.54) is 6.20 Å². The molecule has 1 atom stereocenters. The van der Waals surface area contributed by atoms with Crippen LogP contribution in [-0.2, 0) is 11.2 Å². The van der Waals surface area contributed by atoms with Crippen LogP contribution in [0, 0.1) is 6.92 Å². The van der Waals surface area contributed by atoms with Crippen LogP contribution in [0.4, 0.5) is 10.5 Å². The number of hydrogen-bond acceptors (Lipinski definition) is 6. The Labute approximate surface area is 137 Å². The van der Waals surface area contributed by atoms with Gasteiger partial charge in [-0.05, 0) is 36.6 Å². The van der Waals surface area contributed by atoms with E-state index < -0.39 is 0 Å². The summed E-state index contributed by atoms with van der Waals surface area (Å²) in [6.45, 7) is 1.92. The van der Waals surface area contributed by atoms with Gasteiger partial charge < -0.3 is 10.5 Å². The van der Waals surface area contributed by atoms with Gasteiger partial charge in [-0.1, -0.05) is 23.9 Å². The van der Waals surface area contributed by atoms with Gasteiger partial charge in [-0.25, -0.2) is 4.98 Å². The monoisotopic (exact) mass is 329 g/mol. The van der Waals surface area contributed by atoms with E-state index >= 15 is 0 Å². The van der Waals surface area contributed by atoms with Gasteiger partial charge in [0, 0.05) is 6.07 Å². The van der Waals surface area contributed by atoms with E-state index in [9.17, 15) is 9.59 Å². The number of nitrogens with zero attached hydrogens (tertiary/aromatic N) is 1. The molecule has 6 nitrogen and oxygen atoms in total. The number of carbonyl (C=O) groups excluding carboxylic acids is 2. The summed E-state index contributed by atoms with van der Waals surface area (Å²) in [5.74, 6) is 0.918. The Morgan fingerprint density at radius 1 is 1.30 bits per heavy atom. The van der Waals surface area contributed by atoms with Crippen LogP contribution in [0.1, 0.15) is 11.1 Å². The minimum Gasteiger partial charge on any atom is -0.439 e. The van der Waals surface area contributed by atoms with Crippen molar-refractivity contribution in [3.8, 4) is 11.6 Å². The summed E-state index contributed by atoms with van der Waals surface area (Å²) in [5, 5.41) is 1.64. The number of ether oxygens (including phenoxy) is 1. The van der Waals surface area contributed by atoms with Crippen LogP contribution in [0.5, 0.6) is 11.6 Å². The number of hydrogen-bond donors (Lipinski definition) is 2. The number of aromatic nitrogens is 1. The smallest absolute Gasteiger partial charge is 0.286 e. The summed E-state index contributed by atoms with van der Waals surface area (Å²) in [5.41, 5.74) is 8.07. The Balaban J connectivity index is 1.71. The molecule has 3 N–H and O–H groups in total. The Kier molecular flexibility index (Phi) is 4.20. The van der Waals surface area contributed by atoms with Crippen molar-refractivity contribution < 1.29 is 14.3 Å². The molecular weight excluding hydrogens is 314 g/mol. The first-order chi connectivity index (χ1) is 11.0. The number of carbonyl (C=O) groups is 2. The van der Waals surface area contributed by atoms with E-state index in [2.05, 4.69) is 10.3 Å². The molecule has 0 aliphatic carbocycles. The van der Waals surface area contributed by atoms with Gasteiger partial charge in [0.2, 0.25) is 11.8 Å². The van der Waals surface area contributed by atoms with Gasteiger partial charge in [-0.2, -0.15) is 0 Å². The highest BCUT2D eigenvalue weighted by molar-refractivity contribution is 8.15. The molecule has 1 aliphatic heterocycles. The highest BCUT2D eigenvalue weighted by atomic mass is 32.2. The third-order valence-corrected chi connectivity index (χ3v) is 4.38. The standard InChI is InChI=1S/C16H15N3O3S/c1-9-6-10(7-13-15(20)19-16(21)23-13)2-4-12(9)22-14-5-3-11(17)8-18-14/h2-6,8,13H,7,17H2,1H3,(H,19,20,21). The normalized spacial score (nSPS) is 17.2. The minimum absolute atomic E-state index is 0.232. The zero-order valence-electron chi connectivity index (χ0n) is 12.4. The highest BCUT2D eigenvalue weighted by Crippen LogP contribution is 2.28. The Hall–Kier alpha value is -2.54. The molecule has 0 spiro atoms. The maximum absolute atomic E-state index is 11.6. The SMILES string of the molecule is Cc1cc(CC2SC(=O)NC2=O)ccc1Oc1ccc(N)cn1. The highest BCUT2D eigenvalue weighted by Gasteiger charge is 2.31. The van der Waals surface area contributed by atoms with Crippen molar-refractivity contribution in [1.82, 2.24) is 10.3 Å². The van der Waals surface area contributed by atoms with Crippen molar-refractivity contribution >= 4 is 28.6 Å². The van der Waals surface area contributed by atoms with Crippen molar-refractivity contribution in [2.45, 2.75) is 18.6 Å². The molecule has 1 unspecified atom stereocenters. The topological polar surface area (TPSA) is 94.3 Å². The lowest BCUT2D eigenvalue weighted by molar-refractivity contribution is -0.118. The lowest BCUT2D eigenvalue weighted by Gasteiger charge is -2.11. The van der Waals surface area contributed by atoms with Crippen molar-refractivity contribution in [2.75, 3.05) is 5.73 Å². The average molecular weight is 329 g/mol. The summed E-state index contributed by atoms with van der Waals surface area (Å²) in [4.78, 5) is 26.9. The van der Waals surface area contributed by atoms with Crippen molar-refractivity contribution in [1.29, 1.82) is 0 Å². The first-order valence-electron chi connectivity index (χ1n) is 7.01. The number of nitrogen functional groups attached to an aromatic ring is 1. The first-order valence-corrected chi connectivity index (χ1v) is 7.89. The maximum atomic E-state index is 11.6.